The fourth-order valence-corrected chi connectivity index (χ4v) is 3.60. The van der Waals surface area contributed by atoms with Crippen LogP contribution >= 0.6 is 11.3 Å². The summed E-state index contributed by atoms with van der Waals surface area (Å²) in [5.41, 5.74) is 0.602. The molecule has 1 amide bonds. The van der Waals surface area contributed by atoms with E-state index in [4.69, 9.17) is 4.74 Å². The highest BCUT2D eigenvalue weighted by molar-refractivity contribution is 7.21. The average molecular weight is 329 g/mol. The number of carbonyl (C=O) groups is 1. The predicted octanol–water partition coefficient (Wildman–Crippen LogP) is 4.32. The Morgan fingerprint density at radius 1 is 1.13 bits per heavy atom. The van der Waals surface area contributed by atoms with Crippen LogP contribution in [0, 0.1) is 5.82 Å². The lowest BCUT2D eigenvalue weighted by Crippen LogP contribution is -2.22. The maximum atomic E-state index is 14.3. The van der Waals surface area contributed by atoms with Gasteiger partial charge in [0.2, 0.25) is 0 Å². The molecule has 0 saturated heterocycles. The molecule has 3 aromatic rings. The first kappa shape index (κ1) is 15.5. The molecule has 0 atom stereocenters. The van der Waals surface area contributed by atoms with Gasteiger partial charge in [-0.2, -0.15) is 0 Å². The van der Waals surface area contributed by atoms with E-state index < -0.39 is 0 Å². The van der Waals surface area contributed by atoms with Crippen LogP contribution in [0.4, 0.5) is 4.39 Å². The summed E-state index contributed by atoms with van der Waals surface area (Å²) >= 11 is 1.30. The van der Waals surface area contributed by atoms with E-state index >= 15 is 0 Å². The van der Waals surface area contributed by atoms with E-state index in [2.05, 4.69) is 0 Å². The zero-order valence-corrected chi connectivity index (χ0v) is 13.7. The highest BCUT2D eigenvalue weighted by atomic mass is 32.1. The molecular formula is C18H16FNO2S. The summed E-state index contributed by atoms with van der Waals surface area (Å²) in [4.78, 5) is 14.4. The van der Waals surface area contributed by atoms with Crippen molar-refractivity contribution in [3.63, 3.8) is 0 Å². The molecule has 0 saturated carbocycles. The Hall–Kier alpha value is -2.40. The van der Waals surface area contributed by atoms with Crippen LogP contribution in [-0.4, -0.2) is 24.9 Å². The van der Waals surface area contributed by atoms with Gasteiger partial charge in [0.15, 0.2) is 0 Å². The second kappa shape index (κ2) is 6.38. The number of amides is 1. The molecule has 0 radical (unpaired) electrons. The number of fused-ring (bicyclic) bond motifs is 1. The van der Waals surface area contributed by atoms with Crippen molar-refractivity contribution in [1.29, 1.82) is 0 Å². The van der Waals surface area contributed by atoms with Gasteiger partial charge in [0.1, 0.15) is 18.2 Å². The summed E-state index contributed by atoms with van der Waals surface area (Å²) in [6.07, 6.45) is 0. The summed E-state index contributed by atoms with van der Waals surface area (Å²) in [5, 5.41) is 0.471. The largest absolute Gasteiger partial charge is 0.489 e. The minimum absolute atomic E-state index is 0.141. The van der Waals surface area contributed by atoms with Gasteiger partial charge in [-0.3, -0.25) is 4.79 Å². The van der Waals surface area contributed by atoms with Crippen LogP contribution in [0.5, 0.6) is 5.75 Å². The van der Waals surface area contributed by atoms with Crippen LogP contribution in [0.15, 0.2) is 48.5 Å². The Kier molecular flexibility index (Phi) is 4.30. The normalized spacial score (nSPS) is 10.7. The van der Waals surface area contributed by atoms with Gasteiger partial charge in [-0.25, -0.2) is 4.39 Å². The fraction of sp³-hybridized carbons (Fsp3) is 0.167. The molecule has 1 heterocycles. The molecule has 23 heavy (non-hydrogen) atoms. The zero-order valence-electron chi connectivity index (χ0n) is 12.9. The van der Waals surface area contributed by atoms with Gasteiger partial charge < -0.3 is 9.64 Å². The smallest absolute Gasteiger partial charge is 0.263 e. The first-order valence-corrected chi connectivity index (χ1v) is 7.99. The van der Waals surface area contributed by atoms with Gasteiger partial charge in [0.25, 0.3) is 5.91 Å². The maximum Gasteiger partial charge on any atom is 0.263 e. The second-order valence-electron chi connectivity index (χ2n) is 5.32. The molecule has 0 aliphatic carbocycles. The van der Waals surface area contributed by atoms with E-state index in [-0.39, 0.29) is 18.3 Å². The van der Waals surface area contributed by atoms with Crippen LogP contribution in [0.2, 0.25) is 0 Å². The van der Waals surface area contributed by atoms with Crippen molar-refractivity contribution >= 4 is 27.3 Å². The van der Waals surface area contributed by atoms with Crippen molar-refractivity contribution < 1.29 is 13.9 Å². The topological polar surface area (TPSA) is 29.5 Å². The van der Waals surface area contributed by atoms with Crippen LogP contribution in [-0.2, 0) is 6.61 Å². The van der Waals surface area contributed by atoms with Crippen molar-refractivity contribution in [2.75, 3.05) is 14.1 Å². The number of hydrogen-bond acceptors (Lipinski definition) is 3. The fourth-order valence-electron chi connectivity index (χ4n) is 2.35. The van der Waals surface area contributed by atoms with Crippen molar-refractivity contribution in [1.82, 2.24) is 4.90 Å². The third-order valence-corrected chi connectivity index (χ3v) is 4.68. The first-order chi connectivity index (χ1) is 11.1. The minimum Gasteiger partial charge on any atom is -0.489 e. The van der Waals surface area contributed by atoms with E-state index in [1.807, 2.05) is 36.4 Å². The summed E-state index contributed by atoms with van der Waals surface area (Å²) in [6.45, 7) is 0.153. The highest BCUT2D eigenvalue weighted by Crippen LogP contribution is 2.34. The SMILES string of the molecule is CN(C)C(=O)c1sc2cccc(F)c2c1COc1ccccc1. The summed E-state index contributed by atoms with van der Waals surface area (Å²) in [7, 11) is 3.37. The highest BCUT2D eigenvalue weighted by Gasteiger charge is 2.22. The Bertz CT molecular complexity index is 843. The minimum atomic E-state index is -0.330. The standard InChI is InChI=1S/C18H16FNO2S/c1-20(2)18(21)17-13(11-22-12-7-4-3-5-8-12)16-14(19)9-6-10-15(16)23-17/h3-10H,11H2,1-2H3. The van der Waals surface area contributed by atoms with Gasteiger partial charge >= 0.3 is 0 Å². The molecule has 1 aromatic heterocycles. The number of para-hydroxylation sites is 1. The molecule has 0 N–H and O–H groups in total. The molecule has 5 heteroatoms. The second-order valence-corrected chi connectivity index (χ2v) is 6.38. The average Bonchev–Trinajstić information content (AvgIpc) is 2.93. The van der Waals surface area contributed by atoms with Gasteiger partial charge in [0.05, 0.1) is 4.88 Å². The number of benzene rings is 2. The first-order valence-electron chi connectivity index (χ1n) is 7.17. The zero-order chi connectivity index (χ0) is 16.4. The number of hydrogen-bond donors (Lipinski definition) is 0. The van der Waals surface area contributed by atoms with Crippen LogP contribution in [0.25, 0.3) is 10.1 Å². The van der Waals surface area contributed by atoms with Gasteiger partial charge in [-0.15, -0.1) is 11.3 Å². The Labute approximate surface area is 137 Å². The van der Waals surface area contributed by atoms with E-state index in [1.54, 1.807) is 20.2 Å². The lowest BCUT2D eigenvalue weighted by molar-refractivity contribution is 0.0830. The molecule has 0 spiro atoms. The van der Waals surface area contributed by atoms with E-state index in [1.165, 1.54) is 22.3 Å². The molecule has 0 aliphatic rings. The number of thiophene rings is 1. The molecule has 3 rings (SSSR count). The Morgan fingerprint density at radius 2 is 1.87 bits per heavy atom. The predicted molar refractivity (Wildman–Crippen MR) is 90.6 cm³/mol. The molecule has 0 aliphatic heterocycles. The van der Waals surface area contributed by atoms with Crippen LogP contribution in [0.1, 0.15) is 15.2 Å². The summed E-state index contributed by atoms with van der Waals surface area (Å²) in [6, 6.07) is 14.2. The maximum absolute atomic E-state index is 14.3. The van der Waals surface area contributed by atoms with Crippen molar-refractivity contribution in [2.24, 2.45) is 0 Å². The van der Waals surface area contributed by atoms with E-state index in [0.717, 1.165) is 4.70 Å². The molecule has 3 nitrogen and oxygen atoms in total. The van der Waals surface area contributed by atoms with Crippen LogP contribution in [0.3, 0.4) is 0 Å². The molecule has 0 fully saturated rings. The summed E-state index contributed by atoms with van der Waals surface area (Å²) in [5.74, 6) is 0.215. The lowest BCUT2D eigenvalue weighted by Gasteiger charge is -2.12. The Morgan fingerprint density at radius 3 is 2.57 bits per heavy atom. The Balaban J connectivity index is 2.05. The summed E-state index contributed by atoms with van der Waals surface area (Å²) < 4.78 is 20.8. The lowest BCUT2D eigenvalue weighted by atomic mass is 10.1. The van der Waals surface area contributed by atoms with Gasteiger partial charge in [0, 0.05) is 29.7 Å². The number of halogens is 1. The van der Waals surface area contributed by atoms with Crippen molar-refractivity contribution in [3.8, 4) is 5.75 Å². The van der Waals surface area contributed by atoms with Crippen molar-refractivity contribution in [2.45, 2.75) is 6.61 Å². The number of nitrogens with zero attached hydrogens (tertiary/aromatic N) is 1. The number of rotatable bonds is 4. The number of ether oxygens (including phenoxy) is 1. The molecule has 118 valence electrons. The van der Waals surface area contributed by atoms with E-state index in [9.17, 15) is 9.18 Å². The molecular weight excluding hydrogens is 313 g/mol. The third-order valence-electron chi connectivity index (χ3n) is 3.49. The van der Waals surface area contributed by atoms with E-state index in [0.29, 0.717) is 21.6 Å². The number of carbonyl (C=O) groups excluding carboxylic acids is 1. The molecule has 0 bridgehead atoms. The molecule has 0 unspecified atom stereocenters. The quantitative estimate of drug-likeness (QED) is 0.713. The third kappa shape index (κ3) is 3.05. The van der Waals surface area contributed by atoms with Gasteiger partial charge in [-0.1, -0.05) is 24.3 Å². The molecule has 2 aromatic carbocycles. The monoisotopic (exact) mass is 329 g/mol. The van der Waals surface area contributed by atoms with Crippen molar-refractivity contribution in [3.05, 3.63) is 64.8 Å². The van der Waals surface area contributed by atoms with Gasteiger partial charge in [-0.05, 0) is 24.3 Å². The van der Waals surface area contributed by atoms with Crippen LogP contribution < -0.4 is 4.74 Å².